The highest BCUT2D eigenvalue weighted by Gasteiger charge is 2.13. The number of para-hydroxylation sites is 1. The van der Waals surface area contributed by atoms with E-state index < -0.39 is 0 Å². The first kappa shape index (κ1) is 16.1. The van der Waals surface area contributed by atoms with Crippen LogP contribution in [0.5, 0.6) is 5.75 Å². The van der Waals surface area contributed by atoms with Crippen LogP contribution in [0.2, 0.25) is 0 Å². The molecule has 0 aliphatic rings. The minimum atomic E-state index is 0.429. The van der Waals surface area contributed by atoms with Gasteiger partial charge in [-0.15, -0.1) is 11.3 Å². The van der Waals surface area contributed by atoms with Crippen molar-refractivity contribution in [2.24, 2.45) is 5.10 Å². The van der Waals surface area contributed by atoms with E-state index >= 15 is 0 Å². The summed E-state index contributed by atoms with van der Waals surface area (Å²) in [6, 6.07) is 11.7. The molecular formula is C15H13BrN4OS2. The molecule has 0 amide bonds. The fourth-order valence-electron chi connectivity index (χ4n) is 2.02. The summed E-state index contributed by atoms with van der Waals surface area (Å²) in [4.78, 5) is 1.02. The largest absolute Gasteiger partial charge is 0.493 e. The maximum atomic E-state index is 5.66. The van der Waals surface area contributed by atoms with Crippen LogP contribution in [-0.4, -0.2) is 27.7 Å². The number of halogens is 1. The van der Waals surface area contributed by atoms with Crippen molar-refractivity contribution < 1.29 is 4.74 Å². The van der Waals surface area contributed by atoms with Crippen LogP contribution in [0.3, 0.4) is 0 Å². The molecule has 8 heteroatoms. The van der Waals surface area contributed by atoms with E-state index in [9.17, 15) is 0 Å². The first-order chi connectivity index (χ1) is 11.2. The predicted octanol–water partition coefficient (Wildman–Crippen LogP) is 4.71. The van der Waals surface area contributed by atoms with E-state index in [0.29, 0.717) is 17.2 Å². The molecule has 0 radical (unpaired) electrons. The molecular weight excluding hydrogens is 396 g/mol. The normalized spacial score (nSPS) is 11.2. The monoisotopic (exact) mass is 408 g/mol. The van der Waals surface area contributed by atoms with Gasteiger partial charge in [-0.3, -0.25) is 0 Å². The summed E-state index contributed by atoms with van der Waals surface area (Å²) < 4.78 is 8.74. The molecule has 0 aliphatic heterocycles. The second-order valence-corrected chi connectivity index (χ2v) is 7.36. The van der Waals surface area contributed by atoms with Gasteiger partial charge in [-0.05, 0) is 59.3 Å². The lowest BCUT2D eigenvalue weighted by Crippen LogP contribution is -1.98. The van der Waals surface area contributed by atoms with Crippen molar-refractivity contribution in [3.63, 3.8) is 0 Å². The molecule has 0 saturated carbocycles. The van der Waals surface area contributed by atoms with Crippen molar-refractivity contribution in [2.75, 3.05) is 6.61 Å². The molecule has 0 fully saturated rings. The Morgan fingerprint density at radius 3 is 2.96 bits per heavy atom. The number of hydrogen-bond donors (Lipinski definition) is 1. The Hall–Kier alpha value is -1.77. The molecule has 23 heavy (non-hydrogen) atoms. The summed E-state index contributed by atoms with van der Waals surface area (Å²) in [5, 5.41) is 11.5. The zero-order chi connectivity index (χ0) is 16.2. The highest BCUT2D eigenvalue weighted by Crippen LogP contribution is 2.28. The number of nitrogens with zero attached hydrogens (tertiary/aromatic N) is 3. The van der Waals surface area contributed by atoms with Crippen molar-refractivity contribution in [2.45, 2.75) is 6.92 Å². The van der Waals surface area contributed by atoms with Gasteiger partial charge >= 0.3 is 0 Å². The van der Waals surface area contributed by atoms with Gasteiger partial charge in [-0.2, -0.15) is 14.9 Å². The molecule has 0 aliphatic carbocycles. The van der Waals surface area contributed by atoms with E-state index in [4.69, 9.17) is 17.0 Å². The topological polar surface area (TPSA) is 55.2 Å². The average Bonchev–Trinajstić information content (AvgIpc) is 3.12. The van der Waals surface area contributed by atoms with Gasteiger partial charge in [0.15, 0.2) is 5.82 Å². The van der Waals surface area contributed by atoms with Gasteiger partial charge in [0.25, 0.3) is 0 Å². The Balaban J connectivity index is 2.02. The lowest BCUT2D eigenvalue weighted by atomic mass is 10.2. The van der Waals surface area contributed by atoms with E-state index in [1.807, 2.05) is 43.3 Å². The third-order valence-electron chi connectivity index (χ3n) is 2.97. The number of rotatable bonds is 5. The Kier molecular flexibility index (Phi) is 5.04. The molecule has 0 bridgehead atoms. The van der Waals surface area contributed by atoms with Crippen LogP contribution in [-0.2, 0) is 0 Å². The summed E-state index contributed by atoms with van der Waals surface area (Å²) in [6.07, 6.45) is 1.76. The Morgan fingerprint density at radius 2 is 2.22 bits per heavy atom. The number of H-pyrrole nitrogens is 1. The summed E-state index contributed by atoms with van der Waals surface area (Å²) >= 11 is 10.3. The predicted molar refractivity (Wildman–Crippen MR) is 99.0 cm³/mol. The van der Waals surface area contributed by atoms with Gasteiger partial charge in [0.2, 0.25) is 4.77 Å². The van der Waals surface area contributed by atoms with E-state index in [-0.39, 0.29) is 0 Å². The van der Waals surface area contributed by atoms with Crippen molar-refractivity contribution >= 4 is 45.7 Å². The second kappa shape index (κ2) is 7.20. The van der Waals surface area contributed by atoms with Crippen LogP contribution < -0.4 is 4.74 Å². The summed E-state index contributed by atoms with van der Waals surface area (Å²) in [7, 11) is 0. The van der Waals surface area contributed by atoms with Gasteiger partial charge < -0.3 is 4.74 Å². The molecule has 118 valence electrons. The maximum absolute atomic E-state index is 5.66. The molecule has 5 nitrogen and oxygen atoms in total. The van der Waals surface area contributed by atoms with Crippen molar-refractivity contribution in [3.8, 4) is 17.1 Å². The fraction of sp³-hybridized carbons (Fsp3) is 0.133. The molecule has 0 unspecified atom stereocenters. The number of hydrogen-bond acceptors (Lipinski definition) is 5. The van der Waals surface area contributed by atoms with Gasteiger partial charge in [0, 0.05) is 4.88 Å². The van der Waals surface area contributed by atoms with E-state index in [2.05, 4.69) is 31.2 Å². The number of aromatic amines is 1. The van der Waals surface area contributed by atoms with Gasteiger partial charge in [0.05, 0.1) is 22.2 Å². The Bertz CT molecular complexity index is 897. The first-order valence-electron chi connectivity index (χ1n) is 6.88. The fourth-order valence-corrected chi connectivity index (χ4v) is 3.49. The Morgan fingerprint density at radius 1 is 1.39 bits per heavy atom. The molecule has 0 saturated heterocycles. The molecule has 1 N–H and O–H groups in total. The van der Waals surface area contributed by atoms with Crippen LogP contribution in [0, 0.1) is 4.77 Å². The Labute approximate surface area is 150 Å². The molecule has 2 heterocycles. The van der Waals surface area contributed by atoms with Gasteiger partial charge in [0.1, 0.15) is 5.75 Å². The second-order valence-electron chi connectivity index (χ2n) is 4.48. The quantitative estimate of drug-likeness (QED) is 0.491. The smallest absolute Gasteiger partial charge is 0.216 e. The number of benzene rings is 1. The highest BCUT2D eigenvalue weighted by molar-refractivity contribution is 9.11. The zero-order valence-electron chi connectivity index (χ0n) is 12.2. The summed E-state index contributed by atoms with van der Waals surface area (Å²) in [5.74, 6) is 1.37. The number of ether oxygens (including phenoxy) is 1. The molecule has 2 aromatic heterocycles. The van der Waals surface area contributed by atoms with Crippen molar-refractivity contribution in [1.82, 2.24) is 14.9 Å². The number of aromatic nitrogens is 3. The molecule has 3 rings (SSSR count). The van der Waals surface area contributed by atoms with Gasteiger partial charge in [-0.1, -0.05) is 12.1 Å². The highest BCUT2D eigenvalue weighted by atomic mass is 79.9. The van der Waals surface area contributed by atoms with Crippen LogP contribution in [0.1, 0.15) is 11.8 Å². The standard InChI is InChI=1S/C15H13BrN4OS2/c1-2-21-12-6-4-3-5-11(12)14-18-19-15(22)20(14)17-9-10-7-8-13(16)23-10/h3-9H,2H2,1H3,(H,19,22)/b17-9-. The zero-order valence-corrected chi connectivity index (χ0v) is 15.4. The summed E-state index contributed by atoms with van der Waals surface area (Å²) in [5.41, 5.74) is 0.839. The van der Waals surface area contributed by atoms with E-state index in [1.165, 1.54) is 0 Å². The minimum absolute atomic E-state index is 0.429. The first-order valence-corrected chi connectivity index (χ1v) is 8.90. The molecule has 0 spiro atoms. The minimum Gasteiger partial charge on any atom is -0.493 e. The lowest BCUT2D eigenvalue weighted by Gasteiger charge is -2.08. The third-order valence-corrected chi connectivity index (χ3v) is 4.80. The molecule has 0 atom stereocenters. The van der Waals surface area contributed by atoms with Crippen molar-refractivity contribution in [1.29, 1.82) is 0 Å². The van der Waals surface area contributed by atoms with Gasteiger partial charge in [-0.25, -0.2) is 5.10 Å². The van der Waals surface area contributed by atoms with Crippen LogP contribution in [0.4, 0.5) is 0 Å². The van der Waals surface area contributed by atoms with E-state index in [1.54, 1.807) is 22.2 Å². The average molecular weight is 409 g/mol. The molecule has 3 aromatic rings. The van der Waals surface area contributed by atoms with E-state index in [0.717, 1.165) is 20.0 Å². The number of thiophene rings is 1. The maximum Gasteiger partial charge on any atom is 0.216 e. The van der Waals surface area contributed by atoms with Crippen LogP contribution >= 0.6 is 39.5 Å². The van der Waals surface area contributed by atoms with Crippen molar-refractivity contribution in [3.05, 3.63) is 49.8 Å². The number of nitrogens with one attached hydrogen (secondary N) is 1. The molecule has 1 aromatic carbocycles. The van der Waals surface area contributed by atoms with Crippen LogP contribution in [0.25, 0.3) is 11.4 Å². The third kappa shape index (κ3) is 3.60. The SMILES string of the molecule is CCOc1ccccc1-c1n[nH]c(=S)n1/N=C\c1ccc(Br)s1. The van der Waals surface area contributed by atoms with Crippen LogP contribution in [0.15, 0.2) is 45.3 Å². The lowest BCUT2D eigenvalue weighted by molar-refractivity contribution is 0.341. The summed E-state index contributed by atoms with van der Waals surface area (Å²) in [6.45, 7) is 2.52.